The van der Waals surface area contributed by atoms with Gasteiger partial charge in [-0.3, -0.25) is 14.2 Å². The Kier molecular flexibility index (Phi) is 6.58. The summed E-state index contributed by atoms with van der Waals surface area (Å²) in [5, 5.41) is 2.59. The van der Waals surface area contributed by atoms with Gasteiger partial charge in [0.25, 0.3) is 5.56 Å². The predicted octanol–water partition coefficient (Wildman–Crippen LogP) is 4.35. The minimum atomic E-state index is -0.364. The zero-order chi connectivity index (χ0) is 23.7. The van der Waals surface area contributed by atoms with Gasteiger partial charge in [0.1, 0.15) is 10.6 Å². The molecule has 1 aromatic carbocycles. The van der Waals surface area contributed by atoms with Gasteiger partial charge in [-0.15, -0.1) is 11.3 Å². The fraction of sp³-hybridized carbons (Fsp3) is 0.320. The van der Waals surface area contributed by atoms with Gasteiger partial charge in [0.15, 0.2) is 5.16 Å². The number of hydrogen-bond acceptors (Lipinski definition) is 7. The molecule has 0 spiro atoms. The van der Waals surface area contributed by atoms with E-state index < -0.39 is 0 Å². The zero-order valence-electron chi connectivity index (χ0n) is 19.1. The van der Waals surface area contributed by atoms with E-state index >= 15 is 0 Å². The molecule has 1 aliphatic heterocycles. The number of furan rings is 1. The van der Waals surface area contributed by atoms with Crippen molar-refractivity contribution in [3.05, 3.63) is 64.5 Å². The second-order valence-electron chi connectivity index (χ2n) is 8.20. The highest BCUT2D eigenvalue weighted by Gasteiger charge is 2.27. The first-order chi connectivity index (χ1) is 16.6. The Labute approximate surface area is 206 Å². The van der Waals surface area contributed by atoms with Gasteiger partial charge in [0.05, 0.1) is 22.6 Å². The summed E-state index contributed by atoms with van der Waals surface area (Å²) in [6.07, 6.45) is 1.60. The van der Waals surface area contributed by atoms with Crippen LogP contribution in [-0.2, 0) is 4.79 Å². The second-order valence-corrected chi connectivity index (χ2v) is 10.4. The molecule has 1 atom stereocenters. The third-order valence-electron chi connectivity index (χ3n) is 6.14. The van der Waals surface area contributed by atoms with E-state index in [9.17, 15) is 9.59 Å². The maximum Gasteiger partial charge on any atom is 0.268 e. The average molecular weight is 495 g/mol. The van der Waals surface area contributed by atoms with E-state index in [0.717, 1.165) is 44.0 Å². The fourth-order valence-electron chi connectivity index (χ4n) is 4.22. The van der Waals surface area contributed by atoms with Gasteiger partial charge in [0, 0.05) is 37.1 Å². The molecule has 34 heavy (non-hydrogen) atoms. The molecule has 1 aliphatic rings. The number of fused-ring (bicyclic) bond motifs is 1. The summed E-state index contributed by atoms with van der Waals surface area (Å²) in [5.41, 5.74) is 1.29. The fourth-order valence-corrected chi connectivity index (χ4v) is 6.20. The number of piperazine rings is 1. The largest absolute Gasteiger partial charge is 0.464 e. The smallest absolute Gasteiger partial charge is 0.268 e. The number of amides is 1. The third kappa shape index (κ3) is 4.31. The summed E-state index contributed by atoms with van der Waals surface area (Å²) in [5.74, 6) is 0.720. The third-order valence-corrected chi connectivity index (χ3v) is 8.05. The van der Waals surface area contributed by atoms with E-state index in [-0.39, 0.29) is 16.7 Å². The molecule has 1 saturated heterocycles. The number of thioether (sulfide) groups is 1. The van der Waals surface area contributed by atoms with Crippen molar-refractivity contribution in [3.63, 3.8) is 0 Å². The number of aromatic nitrogens is 2. The molecule has 0 saturated carbocycles. The van der Waals surface area contributed by atoms with Crippen molar-refractivity contribution in [2.45, 2.75) is 24.3 Å². The standard InChI is InChI=1S/C25H26N4O3S2/c1-3-27-11-13-28(14-12-27)23(30)17(2)34-25-26-22-21(19(16-33-22)20-10-7-15-32-20)24(31)29(25)18-8-5-4-6-9-18/h4-10,15-17H,3,11-14H2,1-2H3/t17-/m1/s1. The molecule has 0 unspecified atom stereocenters. The SMILES string of the molecule is CCN1CCN(C(=O)[C@@H](C)Sc2nc3scc(-c4ccco4)c3c(=O)n2-c2ccccc2)CC1. The number of para-hydroxylation sites is 1. The van der Waals surface area contributed by atoms with Crippen molar-refractivity contribution in [1.82, 2.24) is 19.4 Å². The van der Waals surface area contributed by atoms with Crippen LogP contribution in [0.15, 0.2) is 68.5 Å². The molecular weight excluding hydrogens is 468 g/mol. The lowest BCUT2D eigenvalue weighted by molar-refractivity contribution is -0.132. The van der Waals surface area contributed by atoms with E-state index in [4.69, 9.17) is 9.40 Å². The van der Waals surface area contributed by atoms with Crippen molar-refractivity contribution in [2.75, 3.05) is 32.7 Å². The number of rotatable bonds is 6. The van der Waals surface area contributed by atoms with Crippen LogP contribution in [0.5, 0.6) is 0 Å². The van der Waals surface area contributed by atoms with Crippen LogP contribution in [0, 0.1) is 0 Å². The number of likely N-dealkylation sites (N-methyl/N-ethyl adjacent to an activating group) is 1. The number of benzene rings is 1. The second kappa shape index (κ2) is 9.77. The molecule has 4 aromatic rings. The topological polar surface area (TPSA) is 71.6 Å². The maximum absolute atomic E-state index is 13.8. The van der Waals surface area contributed by atoms with E-state index in [1.807, 2.05) is 53.6 Å². The van der Waals surface area contributed by atoms with Crippen LogP contribution in [-0.4, -0.2) is 63.2 Å². The zero-order valence-corrected chi connectivity index (χ0v) is 20.8. The van der Waals surface area contributed by atoms with Crippen LogP contribution < -0.4 is 5.56 Å². The molecular formula is C25H26N4O3S2. The summed E-state index contributed by atoms with van der Waals surface area (Å²) in [7, 11) is 0. The highest BCUT2D eigenvalue weighted by molar-refractivity contribution is 8.00. The minimum Gasteiger partial charge on any atom is -0.464 e. The first-order valence-corrected chi connectivity index (χ1v) is 13.1. The number of nitrogens with zero attached hydrogens (tertiary/aromatic N) is 4. The molecule has 0 bridgehead atoms. The molecule has 4 heterocycles. The lowest BCUT2D eigenvalue weighted by Gasteiger charge is -2.35. The predicted molar refractivity (Wildman–Crippen MR) is 137 cm³/mol. The first-order valence-electron chi connectivity index (χ1n) is 11.4. The van der Waals surface area contributed by atoms with E-state index in [1.165, 1.54) is 23.1 Å². The number of carbonyl (C=O) groups excluding carboxylic acids is 1. The Morgan fingerprint density at radius 2 is 1.91 bits per heavy atom. The Balaban J connectivity index is 1.53. The monoisotopic (exact) mass is 494 g/mol. The lowest BCUT2D eigenvalue weighted by Crippen LogP contribution is -2.50. The van der Waals surface area contributed by atoms with Gasteiger partial charge in [-0.05, 0) is 37.7 Å². The van der Waals surface area contributed by atoms with E-state index in [2.05, 4.69) is 11.8 Å². The molecule has 7 nitrogen and oxygen atoms in total. The number of carbonyl (C=O) groups is 1. The molecule has 176 valence electrons. The Hall–Kier alpha value is -2.88. The van der Waals surface area contributed by atoms with Gasteiger partial charge < -0.3 is 14.2 Å². The van der Waals surface area contributed by atoms with Crippen LogP contribution in [0.25, 0.3) is 27.2 Å². The van der Waals surface area contributed by atoms with Crippen molar-refractivity contribution in [1.29, 1.82) is 0 Å². The molecule has 0 N–H and O–H groups in total. The summed E-state index contributed by atoms with van der Waals surface area (Å²) in [6, 6.07) is 13.1. The van der Waals surface area contributed by atoms with Gasteiger partial charge >= 0.3 is 0 Å². The highest BCUT2D eigenvalue weighted by Crippen LogP contribution is 2.34. The summed E-state index contributed by atoms with van der Waals surface area (Å²) in [4.78, 5) is 36.8. The molecule has 1 amide bonds. The van der Waals surface area contributed by atoms with Crippen LogP contribution >= 0.6 is 23.1 Å². The first kappa shape index (κ1) is 22.9. The number of thiophene rings is 1. The minimum absolute atomic E-state index is 0.0807. The van der Waals surface area contributed by atoms with Crippen molar-refractivity contribution < 1.29 is 9.21 Å². The molecule has 0 radical (unpaired) electrons. The Morgan fingerprint density at radius 1 is 1.15 bits per heavy atom. The molecule has 3 aromatic heterocycles. The van der Waals surface area contributed by atoms with Crippen molar-refractivity contribution in [3.8, 4) is 17.0 Å². The van der Waals surface area contributed by atoms with Crippen LogP contribution in [0.1, 0.15) is 13.8 Å². The van der Waals surface area contributed by atoms with Crippen LogP contribution in [0.3, 0.4) is 0 Å². The molecule has 1 fully saturated rings. The molecule has 5 rings (SSSR count). The van der Waals surface area contributed by atoms with Crippen molar-refractivity contribution >= 4 is 39.2 Å². The normalized spacial score (nSPS) is 15.6. The molecule has 9 heteroatoms. The maximum atomic E-state index is 13.8. The Bertz CT molecular complexity index is 1340. The van der Waals surface area contributed by atoms with E-state index in [1.54, 1.807) is 16.9 Å². The van der Waals surface area contributed by atoms with Crippen molar-refractivity contribution in [2.24, 2.45) is 0 Å². The Morgan fingerprint density at radius 3 is 2.59 bits per heavy atom. The van der Waals surface area contributed by atoms with Gasteiger partial charge in [-0.1, -0.05) is 36.9 Å². The van der Waals surface area contributed by atoms with Crippen LogP contribution in [0.2, 0.25) is 0 Å². The van der Waals surface area contributed by atoms with Gasteiger partial charge in [-0.2, -0.15) is 0 Å². The summed E-state index contributed by atoms with van der Waals surface area (Å²) in [6.45, 7) is 8.28. The highest BCUT2D eigenvalue weighted by atomic mass is 32.2. The average Bonchev–Trinajstić information content (AvgIpc) is 3.54. The molecule has 0 aliphatic carbocycles. The van der Waals surface area contributed by atoms with Gasteiger partial charge in [-0.25, -0.2) is 4.98 Å². The van der Waals surface area contributed by atoms with Gasteiger partial charge in [0.2, 0.25) is 5.91 Å². The van der Waals surface area contributed by atoms with Crippen LogP contribution in [0.4, 0.5) is 0 Å². The number of hydrogen-bond donors (Lipinski definition) is 0. The van der Waals surface area contributed by atoms with E-state index in [0.29, 0.717) is 21.1 Å². The lowest BCUT2D eigenvalue weighted by atomic mass is 10.2. The summed E-state index contributed by atoms with van der Waals surface area (Å²) < 4.78 is 7.18. The summed E-state index contributed by atoms with van der Waals surface area (Å²) >= 11 is 2.75. The quantitative estimate of drug-likeness (QED) is 0.293.